The fraction of sp³-hybridized carbons (Fsp3) is 0.294. The Morgan fingerprint density at radius 1 is 1.14 bits per heavy atom. The lowest BCUT2D eigenvalue weighted by Crippen LogP contribution is -2.25. The highest BCUT2D eigenvalue weighted by Crippen LogP contribution is 2.17. The van der Waals surface area contributed by atoms with Gasteiger partial charge in [-0.25, -0.2) is 0 Å². The second-order valence-electron chi connectivity index (χ2n) is 5.01. The van der Waals surface area contributed by atoms with Crippen molar-refractivity contribution in [2.75, 3.05) is 11.9 Å². The molecule has 0 fully saturated rings. The zero-order valence-corrected chi connectivity index (χ0v) is 13.6. The molecule has 4 nitrogen and oxygen atoms in total. The van der Waals surface area contributed by atoms with Crippen molar-refractivity contribution in [2.24, 2.45) is 0 Å². The number of hydrogen-bond acceptors (Lipinski definition) is 3. The van der Waals surface area contributed by atoms with Crippen molar-refractivity contribution in [3.63, 3.8) is 0 Å². The highest BCUT2D eigenvalue weighted by Gasteiger charge is 2.11. The van der Waals surface area contributed by atoms with E-state index in [9.17, 15) is 9.59 Å². The topological polar surface area (TPSA) is 58.2 Å². The van der Waals surface area contributed by atoms with Crippen LogP contribution in [0.5, 0.6) is 0 Å². The van der Waals surface area contributed by atoms with E-state index in [4.69, 9.17) is 0 Å². The maximum absolute atomic E-state index is 12.1. The first kappa shape index (κ1) is 16.2. The Bertz CT molecular complexity index is 647. The third-order valence-electron chi connectivity index (χ3n) is 3.31. The van der Waals surface area contributed by atoms with Gasteiger partial charge in [-0.1, -0.05) is 19.1 Å². The predicted molar refractivity (Wildman–Crippen MR) is 90.5 cm³/mol. The van der Waals surface area contributed by atoms with Crippen LogP contribution >= 0.6 is 11.3 Å². The quantitative estimate of drug-likeness (QED) is 0.859. The molecule has 0 unspecified atom stereocenters. The van der Waals surface area contributed by atoms with Gasteiger partial charge < -0.3 is 10.6 Å². The summed E-state index contributed by atoms with van der Waals surface area (Å²) >= 11 is 1.48. The monoisotopic (exact) mass is 316 g/mol. The van der Waals surface area contributed by atoms with Crippen LogP contribution in [0.25, 0.3) is 0 Å². The maximum Gasteiger partial charge on any atom is 0.261 e. The molecule has 2 amide bonds. The fourth-order valence-corrected chi connectivity index (χ4v) is 3.08. The number of benzene rings is 1. The molecule has 0 spiro atoms. The SMILES string of the molecule is CCc1ccsc1C(=O)NCCc1ccc(NC(C)=O)cc1. The Balaban J connectivity index is 1.83. The van der Waals surface area contributed by atoms with Gasteiger partial charge in [0, 0.05) is 19.2 Å². The van der Waals surface area contributed by atoms with Gasteiger partial charge in [-0.3, -0.25) is 9.59 Å². The van der Waals surface area contributed by atoms with Gasteiger partial charge in [0.25, 0.3) is 5.91 Å². The van der Waals surface area contributed by atoms with Gasteiger partial charge in [0.2, 0.25) is 5.91 Å². The summed E-state index contributed by atoms with van der Waals surface area (Å²) in [7, 11) is 0. The average Bonchev–Trinajstić information content (AvgIpc) is 2.97. The molecular weight excluding hydrogens is 296 g/mol. The lowest BCUT2D eigenvalue weighted by molar-refractivity contribution is -0.114. The molecule has 1 aromatic carbocycles. The Kier molecular flexibility index (Phi) is 5.72. The van der Waals surface area contributed by atoms with Crippen LogP contribution in [-0.2, 0) is 17.6 Å². The Labute approximate surface area is 134 Å². The van der Waals surface area contributed by atoms with Crippen LogP contribution in [-0.4, -0.2) is 18.4 Å². The molecule has 22 heavy (non-hydrogen) atoms. The number of carbonyl (C=O) groups excluding carboxylic acids is 2. The molecule has 0 saturated heterocycles. The van der Waals surface area contributed by atoms with Crippen LogP contribution in [0.15, 0.2) is 35.7 Å². The number of amides is 2. The summed E-state index contributed by atoms with van der Waals surface area (Å²) in [5.41, 5.74) is 3.00. The summed E-state index contributed by atoms with van der Waals surface area (Å²) < 4.78 is 0. The van der Waals surface area contributed by atoms with E-state index >= 15 is 0 Å². The van der Waals surface area contributed by atoms with E-state index in [1.807, 2.05) is 35.7 Å². The van der Waals surface area contributed by atoms with E-state index in [1.54, 1.807) is 0 Å². The molecule has 0 aliphatic heterocycles. The molecule has 1 aromatic heterocycles. The Hall–Kier alpha value is -2.14. The largest absolute Gasteiger partial charge is 0.351 e. The van der Waals surface area contributed by atoms with Gasteiger partial charge in [-0.15, -0.1) is 11.3 Å². The Morgan fingerprint density at radius 2 is 1.86 bits per heavy atom. The highest BCUT2D eigenvalue weighted by atomic mass is 32.1. The molecule has 0 bridgehead atoms. The van der Waals surface area contributed by atoms with Crippen molar-refractivity contribution in [3.8, 4) is 0 Å². The summed E-state index contributed by atoms with van der Waals surface area (Å²) in [5, 5.41) is 7.64. The summed E-state index contributed by atoms with van der Waals surface area (Å²) in [6.45, 7) is 4.13. The number of nitrogens with one attached hydrogen (secondary N) is 2. The Morgan fingerprint density at radius 3 is 2.50 bits per heavy atom. The molecule has 0 saturated carbocycles. The van der Waals surface area contributed by atoms with Gasteiger partial charge in [-0.2, -0.15) is 0 Å². The maximum atomic E-state index is 12.1. The lowest BCUT2D eigenvalue weighted by atomic mass is 10.1. The van der Waals surface area contributed by atoms with Crippen molar-refractivity contribution >= 4 is 28.8 Å². The number of rotatable bonds is 6. The standard InChI is InChI=1S/C17H20N2O2S/c1-3-14-9-11-22-16(14)17(21)18-10-8-13-4-6-15(7-5-13)19-12(2)20/h4-7,9,11H,3,8,10H2,1-2H3,(H,18,21)(H,19,20). The van der Waals surface area contributed by atoms with Gasteiger partial charge in [0.1, 0.15) is 0 Å². The van der Waals surface area contributed by atoms with Gasteiger partial charge >= 0.3 is 0 Å². The third kappa shape index (κ3) is 4.43. The number of hydrogen-bond donors (Lipinski definition) is 2. The van der Waals surface area contributed by atoms with Crippen molar-refractivity contribution in [1.29, 1.82) is 0 Å². The van der Waals surface area contributed by atoms with Crippen molar-refractivity contribution in [2.45, 2.75) is 26.7 Å². The van der Waals surface area contributed by atoms with Crippen molar-refractivity contribution in [1.82, 2.24) is 5.32 Å². The number of thiophene rings is 1. The minimum absolute atomic E-state index is 0.00159. The molecular formula is C17H20N2O2S. The zero-order valence-electron chi connectivity index (χ0n) is 12.8. The third-order valence-corrected chi connectivity index (χ3v) is 4.26. The van der Waals surface area contributed by atoms with Crippen LogP contribution < -0.4 is 10.6 Å². The minimum atomic E-state index is -0.0808. The molecule has 0 radical (unpaired) electrons. The van der Waals surface area contributed by atoms with E-state index in [-0.39, 0.29) is 11.8 Å². The number of anilines is 1. The summed E-state index contributed by atoms with van der Waals surface area (Å²) in [6.07, 6.45) is 1.63. The predicted octanol–water partition coefficient (Wildman–Crippen LogP) is 3.24. The molecule has 2 rings (SSSR count). The van der Waals surface area contributed by atoms with Crippen LogP contribution in [0.1, 0.15) is 34.6 Å². The smallest absolute Gasteiger partial charge is 0.261 e. The molecule has 2 aromatic rings. The normalized spacial score (nSPS) is 10.3. The van der Waals surface area contributed by atoms with E-state index in [0.29, 0.717) is 6.54 Å². The lowest BCUT2D eigenvalue weighted by Gasteiger charge is -2.07. The van der Waals surface area contributed by atoms with E-state index < -0.39 is 0 Å². The number of carbonyl (C=O) groups is 2. The van der Waals surface area contributed by atoms with Gasteiger partial charge in [0.15, 0.2) is 0 Å². The fourth-order valence-electron chi connectivity index (χ4n) is 2.17. The second-order valence-corrected chi connectivity index (χ2v) is 5.93. The van der Waals surface area contributed by atoms with Crippen LogP contribution in [0.2, 0.25) is 0 Å². The molecule has 0 aliphatic rings. The number of aryl methyl sites for hydroxylation is 1. The van der Waals surface area contributed by atoms with Gasteiger partial charge in [0.05, 0.1) is 4.88 Å². The molecule has 2 N–H and O–H groups in total. The summed E-state index contributed by atoms with van der Waals surface area (Å²) in [4.78, 5) is 23.9. The minimum Gasteiger partial charge on any atom is -0.351 e. The molecule has 0 atom stereocenters. The molecule has 116 valence electrons. The summed E-state index contributed by atoms with van der Waals surface area (Å²) in [6, 6.07) is 9.65. The van der Waals surface area contributed by atoms with Crippen molar-refractivity contribution < 1.29 is 9.59 Å². The van der Waals surface area contributed by atoms with Crippen LogP contribution in [0.3, 0.4) is 0 Å². The van der Waals surface area contributed by atoms with E-state index in [1.165, 1.54) is 18.3 Å². The molecule has 1 heterocycles. The van der Waals surface area contributed by atoms with E-state index in [0.717, 1.165) is 34.5 Å². The summed E-state index contributed by atoms with van der Waals surface area (Å²) in [5.74, 6) is -0.0793. The molecule has 0 aliphatic carbocycles. The molecule has 5 heteroatoms. The second kappa shape index (κ2) is 7.75. The zero-order chi connectivity index (χ0) is 15.9. The van der Waals surface area contributed by atoms with Gasteiger partial charge in [-0.05, 0) is 47.5 Å². The first-order chi connectivity index (χ1) is 10.6. The van der Waals surface area contributed by atoms with E-state index in [2.05, 4.69) is 17.6 Å². The van der Waals surface area contributed by atoms with Crippen LogP contribution in [0, 0.1) is 0 Å². The average molecular weight is 316 g/mol. The first-order valence-electron chi connectivity index (χ1n) is 7.31. The first-order valence-corrected chi connectivity index (χ1v) is 8.19. The highest BCUT2D eigenvalue weighted by molar-refractivity contribution is 7.12. The van der Waals surface area contributed by atoms with Crippen molar-refractivity contribution in [3.05, 3.63) is 51.7 Å². The van der Waals surface area contributed by atoms with Crippen LogP contribution in [0.4, 0.5) is 5.69 Å².